The van der Waals surface area contributed by atoms with Crippen LogP contribution in [-0.4, -0.2) is 59.3 Å². The predicted octanol–water partition coefficient (Wildman–Crippen LogP) is 3.11. The molecule has 0 bridgehead atoms. The van der Waals surface area contributed by atoms with Gasteiger partial charge in [0.1, 0.15) is 0 Å². The van der Waals surface area contributed by atoms with E-state index in [1.165, 1.54) is 5.56 Å². The number of piperazine rings is 1. The van der Waals surface area contributed by atoms with Crippen LogP contribution in [0, 0.1) is 11.8 Å². The largest absolute Gasteiger partial charge is 0.338 e. The number of benzene rings is 1. The molecule has 3 N–H and O–H groups in total. The lowest BCUT2D eigenvalue weighted by molar-refractivity contribution is 0.0695. The Kier molecular flexibility index (Phi) is 8.77. The number of anilines is 1. The molecule has 3 amide bonds. The molecule has 1 aliphatic heterocycles. The molecule has 1 atom stereocenters. The van der Waals surface area contributed by atoms with Crippen molar-refractivity contribution < 1.29 is 9.59 Å². The van der Waals surface area contributed by atoms with Gasteiger partial charge in [0.05, 0.1) is 0 Å². The third kappa shape index (κ3) is 7.53. The van der Waals surface area contributed by atoms with E-state index >= 15 is 0 Å². The standard InChI is InChI=1S/C25H36N6O2/c1-17(2)12-20-14-22(29-30-23(20)28-25(33)27-15-18(3)4)24(32)31-11-10-26-21(16-31)13-19-8-6-5-7-9-19/h5-9,14,17-18,21,26H,10-13,15-16H2,1-4H3,(H2,27,28,30,33). The van der Waals surface area contributed by atoms with Gasteiger partial charge in [-0.25, -0.2) is 4.79 Å². The molecule has 3 rings (SSSR count). The Morgan fingerprint density at radius 3 is 2.58 bits per heavy atom. The highest BCUT2D eigenvalue weighted by Gasteiger charge is 2.26. The molecule has 0 radical (unpaired) electrons. The van der Waals surface area contributed by atoms with Gasteiger partial charge in [-0.3, -0.25) is 10.1 Å². The smallest absolute Gasteiger partial charge is 0.320 e. The summed E-state index contributed by atoms with van der Waals surface area (Å²) in [5.41, 5.74) is 2.38. The van der Waals surface area contributed by atoms with Crippen LogP contribution in [0.5, 0.6) is 0 Å². The van der Waals surface area contributed by atoms with Crippen LogP contribution in [0.1, 0.15) is 49.3 Å². The summed E-state index contributed by atoms with van der Waals surface area (Å²) < 4.78 is 0. The number of carbonyl (C=O) groups is 2. The molecule has 1 aromatic carbocycles. The van der Waals surface area contributed by atoms with E-state index in [1.807, 2.05) is 36.9 Å². The number of carbonyl (C=O) groups excluding carboxylic acids is 2. The summed E-state index contributed by atoms with van der Waals surface area (Å²) in [6.45, 7) is 10.8. The zero-order valence-electron chi connectivity index (χ0n) is 20.1. The van der Waals surface area contributed by atoms with Crippen LogP contribution in [0.25, 0.3) is 0 Å². The molecular weight excluding hydrogens is 416 g/mol. The molecule has 2 aromatic rings. The summed E-state index contributed by atoms with van der Waals surface area (Å²) in [6.07, 6.45) is 1.55. The van der Waals surface area contributed by atoms with Gasteiger partial charge in [0.25, 0.3) is 5.91 Å². The van der Waals surface area contributed by atoms with Crippen molar-refractivity contribution in [2.75, 3.05) is 31.5 Å². The monoisotopic (exact) mass is 452 g/mol. The topological polar surface area (TPSA) is 99.2 Å². The van der Waals surface area contributed by atoms with E-state index in [-0.39, 0.29) is 18.0 Å². The fraction of sp³-hybridized carbons (Fsp3) is 0.520. The molecule has 1 aromatic heterocycles. The summed E-state index contributed by atoms with van der Waals surface area (Å²) in [5, 5.41) is 17.5. The normalized spacial score (nSPS) is 16.2. The van der Waals surface area contributed by atoms with E-state index in [4.69, 9.17) is 0 Å². The second-order valence-corrected chi connectivity index (χ2v) is 9.52. The lowest BCUT2D eigenvalue weighted by Gasteiger charge is -2.33. The van der Waals surface area contributed by atoms with Gasteiger partial charge in [-0.2, -0.15) is 0 Å². The van der Waals surface area contributed by atoms with Gasteiger partial charge in [-0.05, 0) is 41.9 Å². The lowest BCUT2D eigenvalue weighted by Crippen LogP contribution is -2.53. The van der Waals surface area contributed by atoms with Gasteiger partial charge in [-0.15, -0.1) is 10.2 Å². The molecule has 178 valence electrons. The maximum absolute atomic E-state index is 13.2. The SMILES string of the molecule is CC(C)CNC(=O)Nc1nnc(C(=O)N2CCNC(Cc3ccccc3)C2)cc1CC(C)C. The van der Waals surface area contributed by atoms with Crippen molar-refractivity contribution in [2.45, 2.75) is 46.6 Å². The molecule has 8 heteroatoms. The minimum atomic E-state index is -0.312. The quantitative estimate of drug-likeness (QED) is 0.572. The van der Waals surface area contributed by atoms with Crippen molar-refractivity contribution in [3.8, 4) is 0 Å². The molecular formula is C25H36N6O2. The van der Waals surface area contributed by atoms with Gasteiger partial charge in [0, 0.05) is 32.2 Å². The van der Waals surface area contributed by atoms with Crippen LogP contribution in [0.3, 0.4) is 0 Å². The Bertz CT molecular complexity index is 932. The number of urea groups is 1. The van der Waals surface area contributed by atoms with Crippen molar-refractivity contribution in [1.29, 1.82) is 0 Å². The fourth-order valence-electron chi connectivity index (χ4n) is 3.89. The maximum atomic E-state index is 13.2. The zero-order chi connectivity index (χ0) is 23.8. The molecule has 0 saturated carbocycles. The zero-order valence-corrected chi connectivity index (χ0v) is 20.1. The van der Waals surface area contributed by atoms with Crippen LogP contribution >= 0.6 is 0 Å². The average Bonchev–Trinajstić information content (AvgIpc) is 2.79. The van der Waals surface area contributed by atoms with Gasteiger partial charge in [0.15, 0.2) is 11.5 Å². The number of nitrogens with zero attached hydrogens (tertiary/aromatic N) is 3. The number of nitrogens with one attached hydrogen (secondary N) is 3. The van der Waals surface area contributed by atoms with E-state index in [0.29, 0.717) is 49.4 Å². The van der Waals surface area contributed by atoms with Crippen LogP contribution in [0.2, 0.25) is 0 Å². The van der Waals surface area contributed by atoms with Crippen LogP contribution in [-0.2, 0) is 12.8 Å². The van der Waals surface area contributed by atoms with E-state index < -0.39 is 0 Å². The lowest BCUT2D eigenvalue weighted by atomic mass is 10.0. The van der Waals surface area contributed by atoms with E-state index in [0.717, 1.165) is 18.5 Å². The van der Waals surface area contributed by atoms with Crippen molar-refractivity contribution in [1.82, 2.24) is 25.7 Å². The summed E-state index contributed by atoms with van der Waals surface area (Å²) in [5.74, 6) is 0.972. The minimum Gasteiger partial charge on any atom is -0.338 e. The van der Waals surface area contributed by atoms with E-state index in [9.17, 15) is 9.59 Å². The highest BCUT2D eigenvalue weighted by Crippen LogP contribution is 2.19. The first-order valence-electron chi connectivity index (χ1n) is 11.8. The highest BCUT2D eigenvalue weighted by atomic mass is 16.2. The number of hydrogen-bond donors (Lipinski definition) is 3. The molecule has 1 fully saturated rings. The van der Waals surface area contributed by atoms with Crippen molar-refractivity contribution in [3.63, 3.8) is 0 Å². The van der Waals surface area contributed by atoms with Gasteiger partial charge >= 0.3 is 6.03 Å². The molecule has 0 aliphatic carbocycles. The Morgan fingerprint density at radius 1 is 1.12 bits per heavy atom. The molecule has 2 heterocycles. The Hall–Kier alpha value is -3.00. The molecule has 33 heavy (non-hydrogen) atoms. The van der Waals surface area contributed by atoms with Gasteiger partial charge in [-0.1, -0.05) is 58.0 Å². The van der Waals surface area contributed by atoms with Crippen molar-refractivity contribution in [3.05, 3.63) is 53.2 Å². The summed E-state index contributed by atoms with van der Waals surface area (Å²) >= 11 is 0. The minimum absolute atomic E-state index is 0.122. The first-order valence-corrected chi connectivity index (χ1v) is 11.8. The van der Waals surface area contributed by atoms with Crippen LogP contribution in [0.15, 0.2) is 36.4 Å². The van der Waals surface area contributed by atoms with Crippen molar-refractivity contribution in [2.24, 2.45) is 11.8 Å². The van der Waals surface area contributed by atoms with E-state index in [1.54, 1.807) is 6.07 Å². The Balaban J connectivity index is 1.70. The average molecular weight is 453 g/mol. The first-order chi connectivity index (χ1) is 15.8. The second kappa shape index (κ2) is 11.7. The molecule has 0 spiro atoms. The first kappa shape index (κ1) is 24.6. The third-order valence-electron chi connectivity index (χ3n) is 5.49. The number of amides is 3. The third-order valence-corrected chi connectivity index (χ3v) is 5.49. The highest BCUT2D eigenvalue weighted by molar-refractivity contribution is 5.93. The van der Waals surface area contributed by atoms with E-state index in [2.05, 4.69) is 52.1 Å². The number of aromatic nitrogens is 2. The number of hydrogen-bond acceptors (Lipinski definition) is 5. The Labute approximate surface area is 196 Å². The second-order valence-electron chi connectivity index (χ2n) is 9.52. The fourth-order valence-corrected chi connectivity index (χ4v) is 3.89. The summed E-state index contributed by atoms with van der Waals surface area (Å²) in [7, 11) is 0. The molecule has 8 nitrogen and oxygen atoms in total. The van der Waals surface area contributed by atoms with Crippen molar-refractivity contribution >= 4 is 17.8 Å². The van der Waals surface area contributed by atoms with Gasteiger partial charge in [0.2, 0.25) is 0 Å². The summed E-state index contributed by atoms with van der Waals surface area (Å²) in [6, 6.07) is 11.9. The van der Waals surface area contributed by atoms with Crippen LogP contribution in [0.4, 0.5) is 10.6 Å². The van der Waals surface area contributed by atoms with Crippen LogP contribution < -0.4 is 16.0 Å². The van der Waals surface area contributed by atoms with Gasteiger partial charge < -0.3 is 15.5 Å². The number of rotatable bonds is 8. The Morgan fingerprint density at radius 2 is 1.88 bits per heavy atom. The summed E-state index contributed by atoms with van der Waals surface area (Å²) in [4.78, 5) is 27.3. The molecule has 1 aliphatic rings. The maximum Gasteiger partial charge on any atom is 0.320 e. The predicted molar refractivity (Wildman–Crippen MR) is 130 cm³/mol. The molecule has 1 saturated heterocycles. The molecule has 1 unspecified atom stereocenters.